The van der Waals surface area contributed by atoms with Gasteiger partial charge in [0.05, 0.1) is 5.02 Å². The Balaban J connectivity index is 2.01. The third kappa shape index (κ3) is 3.44. The molecule has 2 rings (SSSR count). The average molecular weight is 265 g/mol. The van der Waals surface area contributed by atoms with Gasteiger partial charge in [0.25, 0.3) is 0 Å². The smallest absolute Gasteiger partial charge is 0.336 e. The van der Waals surface area contributed by atoms with E-state index in [9.17, 15) is 4.79 Å². The molecule has 4 heteroatoms. The van der Waals surface area contributed by atoms with Gasteiger partial charge in [-0.1, -0.05) is 29.8 Å². The monoisotopic (exact) mass is 264 g/mol. The van der Waals surface area contributed by atoms with Crippen molar-refractivity contribution in [1.82, 2.24) is 0 Å². The summed E-state index contributed by atoms with van der Waals surface area (Å²) in [5.41, 5.74) is 0. The first-order chi connectivity index (χ1) is 8.25. The average Bonchev–Trinajstić information content (AvgIpc) is 2.82. The number of para-hydroxylation sites is 1. The van der Waals surface area contributed by atoms with Crippen LogP contribution in [0.25, 0.3) is 6.08 Å². The fourth-order valence-electron chi connectivity index (χ4n) is 1.21. The Labute approximate surface area is 108 Å². The van der Waals surface area contributed by atoms with Gasteiger partial charge in [-0.05, 0) is 29.7 Å². The zero-order valence-corrected chi connectivity index (χ0v) is 10.4. The molecule has 0 bridgehead atoms. The molecule has 17 heavy (non-hydrogen) atoms. The second-order valence-electron chi connectivity index (χ2n) is 3.20. The number of carbonyl (C=O) groups is 1. The Hall–Kier alpha value is -1.58. The largest absolute Gasteiger partial charge is 0.422 e. The van der Waals surface area contributed by atoms with Gasteiger partial charge in [-0.25, -0.2) is 4.79 Å². The normalized spacial score (nSPS) is 10.6. The lowest BCUT2D eigenvalue weighted by Crippen LogP contribution is -2.03. The topological polar surface area (TPSA) is 26.3 Å². The molecule has 1 aromatic carbocycles. The molecular formula is C13H9ClO2S. The van der Waals surface area contributed by atoms with Crippen LogP contribution in [-0.2, 0) is 4.79 Å². The number of halogens is 1. The van der Waals surface area contributed by atoms with E-state index in [-0.39, 0.29) is 0 Å². The number of thiophene rings is 1. The van der Waals surface area contributed by atoms with E-state index in [1.165, 1.54) is 6.08 Å². The highest BCUT2D eigenvalue weighted by molar-refractivity contribution is 7.10. The number of esters is 1. The molecule has 2 aromatic rings. The fourth-order valence-corrected chi connectivity index (χ4v) is 2.00. The fraction of sp³-hybridized carbons (Fsp3) is 0. The van der Waals surface area contributed by atoms with E-state index in [2.05, 4.69) is 0 Å². The summed E-state index contributed by atoms with van der Waals surface area (Å²) in [6, 6.07) is 10.7. The van der Waals surface area contributed by atoms with Gasteiger partial charge in [-0.3, -0.25) is 0 Å². The number of hydrogen-bond donors (Lipinski definition) is 0. The van der Waals surface area contributed by atoms with Crippen LogP contribution < -0.4 is 4.74 Å². The van der Waals surface area contributed by atoms with Crippen LogP contribution in [0.2, 0.25) is 5.02 Å². The van der Waals surface area contributed by atoms with Crippen molar-refractivity contribution in [2.45, 2.75) is 0 Å². The molecule has 86 valence electrons. The zero-order valence-electron chi connectivity index (χ0n) is 8.80. The van der Waals surface area contributed by atoms with E-state index in [1.807, 2.05) is 17.5 Å². The molecule has 0 aliphatic heterocycles. The van der Waals surface area contributed by atoms with Crippen molar-refractivity contribution in [2.75, 3.05) is 0 Å². The van der Waals surface area contributed by atoms with Crippen molar-refractivity contribution in [3.8, 4) is 5.75 Å². The standard InChI is InChI=1S/C13H9ClO2S/c14-11-5-1-2-6-12(11)16-13(15)8-7-10-4-3-9-17-10/h1-9H. The van der Waals surface area contributed by atoms with Gasteiger partial charge in [0, 0.05) is 11.0 Å². The van der Waals surface area contributed by atoms with Gasteiger partial charge in [-0.15, -0.1) is 11.3 Å². The second kappa shape index (κ2) is 5.66. The summed E-state index contributed by atoms with van der Waals surface area (Å²) in [7, 11) is 0. The third-order valence-electron chi connectivity index (χ3n) is 1.97. The van der Waals surface area contributed by atoms with Crippen molar-refractivity contribution in [2.24, 2.45) is 0 Å². The summed E-state index contributed by atoms with van der Waals surface area (Å²) >= 11 is 7.42. The predicted octanol–water partition coefficient (Wildman–Crippen LogP) is 4.02. The highest BCUT2D eigenvalue weighted by atomic mass is 35.5. The second-order valence-corrected chi connectivity index (χ2v) is 4.59. The lowest BCUT2D eigenvalue weighted by atomic mass is 10.3. The molecule has 0 atom stereocenters. The first-order valence-electron chi connectivity index (χ1n) is 4.93. The Morgan fingerprint density at radius 1 is 1.24 bits per heavy atom. The van der Waals surface area contributed by atoms with E-state index in [0.717, 1.165) is 4.88 Å². The van der Waals surface area contributed by atoms with Crippen molar-refractivity contribution in [3.63, 3.8) is 0 Å². The van der Waals surface area contributed by atoms with E-state index in [1.54, 1.807) is 41.7 Å². The molecular weight excluding hydrogens is 256 g/mol. The minimum absolute atomic E-state index is 0.370. The lowest BCUT2D eigenvalue weighted by Gasteiger charge is -2.02. The molecule has 1 heterocycles. The number of rotatable bonds is 3. The van der Waals surface area contributed by atoms with Crippen molar-refractivity contribution >= 4 is 35.0 Å². The Bertz CT molecular complexity index is 532. The molecule has 0 fully saturated rings. The molecule has 0 saturated carbocycles. The van der Waals surface area contributed by atoms with Crippen LogP contribution in [0.5, 0.6) is 5.75 Å². The van der Waals surface area contributed by atoms with E-state index >= 15 is 0 Å². The molecule has 2 nitrogen and oxygen atoms in total. The lowest BCUT2D eigenvalue weighted by molar-refractivity contribution is -0.128. The molecule has 0 saturated heterocycles. The van der Waals surface area contributed by atoms with Crippen LogP contribution in [-0.4, -0.2) is 5.97 Å². The van der Waals surface area contributed by atoms with Crippen LogP contribution in [0.4, 0.5) is 0 Å². The van der Waals surface area contributed by atoms with E-state index < -0.39 is 5.97 Å². The number of hydrogen-bond acceptors (Lipinski definition) is 3. The minimum atomic E-state index is -0.438. The summed E-state index contributed by atoms with van der Waals surface area (Å²) in [6.45, 7) is 0. The maximum atomic E-state index is 11.5. The van der Waals surface area contributed by atoms with Gasteiger partial charge < -0.3 is 4.74 Å². The Kier molecular flexibility index (Phi) is 3.96. The summed E-state index contributed by atoms with van der Waals surface area (Å²) in [6.07, 6.45) is 3.10. The third-order valence-corrected chi connectivity index (χ3v) is 3.12. The quantitative estimate of drug-likeness (QED) is 0.475. The van der Waals surface area contributed by atoms with E-state index in [0.29, 0.717) is 10.8 Å². The maximum Gasteiger partial charge on any atom is 0.336 e. The van der Waals surface area contributed by atoms with Gasteiger partial charge in [-0.2, -0.15) is 0 Å². The predicted molar refractivity (Wildman–Crippen MR) is 70.4 cm³/mol. The first-order valence-corrected chi connectivity index (χ1v) is 6.19. The molecule has 0 unspecified atom stereocenters. The minimum Gasteiger partial charge on any atom is -0.422 e. The first kappa shape index (κ1) is 11.9. The molecule has 0 N–H and O–H groups in total. The molecule has 0 aliphatic rings. The summed E-state index contributed by atoms with van der Waals surface area (Å²) in [5, 5.41) is 2.37. The zero-order chi connectivity index (χ0) is 12.1. The van der Waals surface area contributed by atoms with Crippen LogP contribution in [0.1, 0.15) is 4.88 Å². The number of carbonyl (C=O) groups excluding carboxylic acids is 1. The van der Waals surface area contributed by atoms with Gasteiger partial charge in [0.1, 0.15) is 5.75 Å². The molecule has 0 aliphatic carbocycles. The van der Waals surface area contributed by atoms with Crippen LogP contribution in [0.3, 0.4) is 0 Å². The van der Waals surface area contributed by atoms with Crippen LogP contribution in [0.15, 0.2) is 47.9 Å². The Morgan fingerprint density at radius 2 is 2.06 bits per heavy atom. The highest BCUT2D eigenvalue weighted by Crippen LogP contribution is 2.23. The number of benzene rings is 1. The number of ether oxygens (including phenoxy) is 1. The van der Waals surface area contributed by atoms with Crippen LogP contribution >= 0.6 is 22.9 Å². The van der Waals surface area contributed by atoms with Gasteiger partial charge >= 0.3 is 5.97 Å². The van der Waals surface area contributed by atoms with Crippen LogP contribution in [0, 0.1) is 0 Å². The van der Waals surface area contributed by atoms with Crippen molar-refractivity contribution in [1.29, 1.82) is 0 Å². The maximum absolute atomic E-state index is 11.5. The van der Waals surface area contributed by atoms with Crippen molar-refractivity contribution < 1.29 is 9.53 Å². The SMILES string of the molecule is O=C(C=Cc1cccs1)Oc1ccccc1Cl. The molecule has 1 aromatic heterocycles. The van der Waals surface area contributed by atoms with Gasteiger partial charge in [0.2, 0.25) is 0 Å². The summed E-state index contributed by atoms with van der Waals surface area (Å²) in [4.78, 5) is 12.5. The molecule has 0 spiro atoms. The summed E-state index contributed by atoms with van der Waals surface area (Å²) in [5.74, 6) is -0.0681. The van der Waals surface area contributed by atoms with E-state index in [4.69, 9.17) is 16.3 Å². The van der Waals surface area contributed by atoms with Crippen molar-refractivity contribution in [3.05, 3.63) is 57.8 Å². The van der Waals surface area contributed by atoms with Gasteiger partial charge in [0.15, 0.2) is 0 Å². The Morgan fingerprint density at radius 3 is 2.76 bits per heavy atom. The highest BCUT2D eigenvalue weighted by Gasteiger charge is 2.04. The molecule has 0 amide bonds. The summed E-state index contributed by atoms with van der Waals surface area (Å²) < 4.78 is 5.09. The molecule has 0 radical (unpaired) electrons.